The topological polar surface area (TPSA) is 78.3 Å². The molecule has 0 amide bonds. The molecule has 1 saturated heterocycles. The maximum Gasteiger partial charge on any atom is 0.234 e. The molecule has 16 heavy (non-hydrogen) atoms. The Balaban J connectivity index is 2.09. The number of ether oxygens (including phenoxy) is 1. The van der Waals surface area contributed by atoms with Crippen molar-refractivity contribution in [1.29, 1.82) is 0 Å². The summed E-state index contributed by atoms with van der Waals surface area (Å²) in [7, 11) is 0. The highest BCUT2D eigenvalue weighted by molar-refractivity contribution is 7.14. The quantitative estimate of drug-likeness (QED) is 0.809. The van der Waals surface area contributed by atoms with E-state index in [0.717, 1.165) is 36.8 Å². The highest BCUT2D eigenvalue weighted by Gasteiger charge is 2.38. The zero-order chi connectivity index (χ0) is 11.0. The van der Waals surface area contributed by atoms with Crippen molar-refractivity contribution in [2.75, 3.05) is 19.8 Å². The predicted octanol–water partition coefficient (Wildman–Crippen LogP) is 0.193. The molecule has 86 valence electrons. The molecule has 2 N–H and O–H groups in total. The lowest BCUT2D eigenvalue weighted by atomic mass is 9.79. The van der Waals surface area contributed by atoms with Gasteiger partial charge in [-0.2, -0.15) is 9.61 Å². The van der Waals surface area contributed by atoms with E-state index < -0.39 is 0 Å². The first kappa shape index (κ1) is 10.1. The summed E-state index contributed by atoms with van der Waals surface area (Å²) >= 11 is 1.49. The average Bonchev–Trinajstić information content (AvgIpc) is 2.91. The Hall–Kier alpha value is -1.05. The van der Waals surface area contributed by atoms with E-state index in [0.29, 0.717) is 6.54 Å². The van der Waals surface area contributed by atoms with Gasteiger partial charge >= 0.3 is 0 Å². The van der Waals surface area contributed by atoms with Crippen molar-refractivity contribution in [2.24, 2.45) is 5.73 Å². The van der Waals surface area contributed by atoms with Crippen LogP contribution in [0.5, 0.6) is 0 Å². The molecule has 0 bridgehead atoms. The van der Waals surface area contributed by atoms with Gasteiger partial charge in [0.15, 0.2) is 5.82 Å². The van der Waals surface area contributed by atoms with E-state index in [9.17, 15) is 0 Å². The number of aromatic nitrogens is 4. The summed E-state index contributed by atoms with van der Waals surface area (Å²) in [6, 6.07) is 0. The van der Waals surface area contributed by atoms with Gasteiger partial charge in [-0.1, -0.05) is 11.3 Å². The van der Waals surface area contributed by atoms with E-state index in [4.69, 9.17) is 10.5 Å². The van der Waals surface area contributed by atoms with Crippen LogP contribution in [0.1, 0.15) is 18.7 Å². The molecule has 1 fully saturated rings. The second-order valence-corrected chi connectivity index (χ2v) is 4.87. The molecule has 7 heteroatoms. The fourth-order valence-corrected chi connectivity index (χ4v) is 2.73. The van der Waals surface area contributed by atoms with Gasteiger partial charge in [0.1, 0.15) is 5.51 Å². The zero-order valence-corrected chi connectivity index (χ0v) is 9.61. The molecular weight excluding hydrogens is 226 g/mol. The fraction of sp³-hybridized carbons (Fsp3) is 0.667. The Morgan fingerprint density at radius 2 is 2.25 bits per heavy atom. The number of nitrogens with zero attached hydrogens (tertiary/aromatic N) is 4. The average molecular weight is 239 g/mol. The van der Waals surface area contributed by atoms with Crippen LogP contribution >= 0.6 is 11.3 Å². The summed E-state index contributed by atoms with van der Waals surface area (Å²) in [5.74, 6) is 0.884. The molecule has 0 unspecified atom stereocenters. The van der Waals surface area contributed by atoms with E-state index in [1.807, 2.05) is 4.52 Å². The maximum absolute atomic E-state index is 5.93. The number of rotatable bonds is 2. The van der Waals surface area contributed by atoms with Gasteiger partial charge in [0, 0.05) is 25.2 Å². The van der Waals surface area contributed by atoms with Crippen molar-refractivity contribution in [3.05, 3.63) is 11.3 Å². The van der Waals surface area contributed by atoms with Crippen molar-refractivity contribution in [3.63, 3.8) is 0 Å². The summed E-state index contributed by atoms with van der Waals surface area (Å²) in [4.78, 5) is 0.828. The van der Waals surface area contributed by atoms with Gasteiger partial charge in [0.25, 0.3) is 0 Å². The first-order chi connectivity index (χ1) is 7.86. The Kier molecular flexibility index (Phi) is 2.38. The lowest BCUT2D eigenvalue weighted by Gasteiger charge is -2.33. The van der Waals surface area contributed by atoms with Crippen LogP contribution in [-0.2, 0) is 10.2 Å². The largest absolute Gasteiger partial charge is 0.381 e. The smallest absolute Gasteiger partial charge is 0.234 e. The van der Waals surface area contributed by atoms with Crippen LogP contribution < -0.4 is 5.73 Å². The molecule has 0 atom stereocenters. The van der Waals surface area contributed by atoms with Crippen molar-refractivity contribution < 1.29 is 4.74 Å². The third-order valence-corrected chi connectivity index (χ3v) is 3.91. The lowest BCUT2D eigenvalue weighted by Crippen LogP contribution is -2.42. The van der Waals surface area contributed by atoms with Crippen LogP contribution in [-0.4, -0.2) is 39.6 Å². The van der Waals surface area contributed by atoms with Crippen molar-refractivity contribution in [3.8, 4) is 0 Å². The number of hydrogen-bond acceptors (Lipinski definition) is 6. The Labute approximate surface area is 96.4 Å². The van der Waals surface area contributed by atoms with Crippen LogP contribution in [0.2, 0.25) is 0 Å². The zero-order valence-electron chi connectivity index (χ0n) is 8.80. The SMILES string of the molecule is NCC1(c2nnc3scnn23)CCOCC1. The monoisotopic (exact) mass is 239 g/mol. The third kappa shape index (κ3) is 1.35. The minimum absolute atomic E-state index is 0.119. The van der Waals surface area contributed by atoms with E-state index in [1.54, 1.807) is 5.51 Å². The normalized spacial score (nSPS) is 20.3. The first-order valence-corrected chi connectivity index (χ1v) is 6.17. The standard InChI is InChI=1S/C9H13N5OS/c10-5-9(1-3-15-4-2-9)7-12-13-8-14(7)11-6-16-8/h6H,1-5,10H2. The second kappa shape index (κ2) is 3.76. The van der Waals surface area contributed by atoms with Gasteiger partial charge in [-0.15, -0.1) is 10.2 Å². The molecule has 0 aliphatic carbocycles. The van der Waals surface area contributed by atoms with Crippen molar-refractivity contribution in [2.45, 2.75) is 18.3 Å². The molecule has 6 nitrogen and oxygen atoms in total. The van der Waals surface area contributed by atoms with Crippen molar-refractivity contribution >= 4 is 16.3 Å². The van der Waals surface area contributed by atoms with Gasteiger partial charge in [-0.3, -0.25) is 0 Å². The second-order valence-electron chi connectivity index (χ2n) is 4.05. The molecule has 0 aromatic carbocycles. The van der Waals surface area contributed by atoms with E-state index >= 15 is 0 Å². The van der Waals surface area contributed by atoms with E-state index in [2.05, 4.69) is 15.3 Å². The fourth-order valence-electron chi connectivity index (χ4n) is 2.17. The molecule has 1 aliphatic rings. The highest BCUT2D eigenvalue weighted by atomic mass is 32.1. The summed E-state index contributed by atoms with van der Waals surface area (Å²) in [6.45, 7) is 2.03. The minimum Gasteiger partial charge on any atom is -0.381 e. The highest BCUT2D eigenvalue weighted by Crippen LogP contribution is 2.32. The van der Waals surface area contributed by atoms with Crippen LogP contribution in [0.15, 0.2) is 5.51 Å². The van der Waals surface area contributed by atoms with Gasteiger partial charge in [0.05, 0.1) is 0 Å². The van der Waals surface area contributed by atoms with Gasteiger partial charge in [0.2, 0.25) is 4.96 Å². The van der Waals surface area contributed by atoms with Crippen molar-refractivity contribution in [1.82, 2.24) is 19.8 Å². The molecule has 0 radical (unpaired) electrons. The molecule has 3 heterocycles. The molecule has 0 saturated carbocycles. The molecule has 2 aromatic rings. The summed E-state index contributed by atoms with van der Waals surface area (Å²) < 4.78 is 7.20. The molecule has 1 aliphatic heterocycles. The first-order valence-electron chi connectivity index (χ1n) is 5.29. The number of fused-ring (bicyclic) bond motifs is 1. The molecule has 3 rings (SSSR count). The van der Waals surface area contributed by atoms with E-state index in [1.165, 1.54) is 11.3 Å². The Morgan fingerprint density at radius 1 is 1.44 bits per heavy atom. The maximum atomic E-state index is 5.93. The summed E-state index contributed by atoms with van der Waals surface area (Å²) in [6.07, 6.45) is 1.78. The van der Waals surface area contributed by atoms with Gasteiger partial charge in [-0.05, 0) is 12.8 Å². The lowest BCUT2D eigenvalue weighted by molar-refractivity contribution is 0.0492. The van der Waals surface area contributed by atoms with Gasteiger partial charge in [-0.25, -0.2) is 0 Å². The van der Waals surface area contributed by atoms with Crippen LogP contribution in [0.3, 0.4) is 0 Å². The molecular formula is C9H13N5OS. The molecule has 0 spiro atoms. The Bertz CT molecular complexity index is 487. The summed E-state index contributed by atoms with van der Waals surface area (Å²) in [5.41, 5.74) is 7.58. The van der Waals surface area contributed by atoms with Gasteiger partial charge < -0.3 is 10.5 Å². The van der Waals surface area contributed by atoms with E-state index in [-0.39, 0.29) is 5.41 Å². The number of hydrogen-bond donors (Lipinski definition) is 1. The van der Waals surface area contributed by atoms with Crippen LogP contribution in [0, 0.1) is 0 Å². The van der Waals surface area contributed by atoms with Crippen LogP contribution in [0.4, 0.5) is 0 Å². The number of nitrogens with two attached hydrogens (primary N) is 1. The summed E-state index contributed by atoms with van der Waals surface area (Å²) in [5, 5.41) is 12.6. The van der Waals surface area contributed by atoms with Crippen LogP contribution in [0.25, 0.3) is 4.96 Å². The minimum atomic E-state index is -0.119. The third-order valence-electron chi connectivity index (χ3n) is 3.25. The Morgan fingerprint density at radius 3 is 3.00 bits per heavy atom. The predicted molar refractivity (Wildman–Crippen MR) is 59.4 cm³/mol. The molecule has 2 aromatic heterocycles.